The highest BCUT2D eigenvalue weighted by Gasteiger charge is 2.17. The van der Waals surface area contributed by atoms with Gasteiger partial charge in [-0.2, -0.15) is 4.98 Å². The minimum atomic E-state index is 0.510. The Hall–Kier alpha value is -3.78. The molecule has 158 valence electrons. The minimum absolute atomic E-state index is 0.510. The van der Waals surface area contributed by atoms with Gasteiger partial charge in [-0.3, -0.25) is 9.55 Å². The number of nitrogens with zero attached hydrogens (tertiary/aromatic N) is 6. The number of aromatic nitrogens is 6. The van der Waals surface area contributed by atoms with E-state index in [1.807, 2.05) is 47.9 Å². The Morgan fingerprint density at radius 2 is 1.50 bits per heavy atom. The molecule has 0 saturated heterocycles. The SMILES string of the molecule is Cc1ccc(-c2nc(CSc3nnc(-c4ccncc4)n3-c3ccc(C)cc3)no2)cc1. The molecular formula is C24H20N6OS. The summed E-state index contributed by atoms with van der Waals surface area (Å²) < 4.78 is 7.50. The molecular weight excluding hydrogens is 420 g/mol. The summed E-state index contributed by atoms with van der Waals surface area (Å²) in [6, 6.07) is 20.2. The molecule has 0 saturated carbocycles. The number of rotatable bonds is 6. The number of hydrogen-bond acceptors (Lipinski definition) is 7. The lowest BCUT2D eigenvalue weighted by atomic mass is 10.1. The lowest BCUT2D eigenvalue weighted by Gasteiger charge is -2.10. The van der Waals surface area contributed by atoms with Crippen LogP contribution in [0.2, 0.25) is 0 Å². The van der Waals surface area contributed by atoms with Crippen molar-refractivity contribution in [1.82, 2.24) is 29.9 Å². The zero-order valence-electron chi connectivity index (χ0n) is 17.6. The molecule has 2 aromatic carbocycles. The van der Waals surface area contributed by atoms with Gasteiger partial charge in [-0.05, 0) is 50.2 Å². The first-order valence-corrected chi connectivity index (χ1v) is 11.1. The van der Waals surface area contributed by atoms with Crippen molar-refractivity contribution in [2.45, 2.75) is 24.8 Å². The van der Waals surface area contributed by atoms with Gasteiger partial charge in [0, 0.05) is 29.2 Å². The van der Waals surface area contributed by atoms with Crippen LogP contribution in [0.5, 0.6) is 0 Å². The first kappa shape index (κ1) is 20.1. The van der Waals surface area contributed by atoms with E-state index >= 15 is 0 Å². The Morgan fingerprint density at radius 3 is 2.22 bits per heavy atom. The maximum atomic E-state index is 5.46. The van der Waals surface area contributed by atoms with E-state index in [4.69, 9.17) is 4.52 Å². The normalized spacial score (nSPS) is 11.1. The molecule has 3 aromatic heterocycles. The number of pyridine rings is 1. The van der Waals surface area contributed by atoms with E-state index in [1.54, 1.807) is 12.4 Å². The van der Waals surface area contributed by atoms with Crippen LogP contribution in [0.15, 0.2) is 82.7 Å². The molecule has 7 nitrogen and oxygen atoms in total. The summed E-state index contributed by atoms with van der Waals surface area (Å²) in [4.78, 5) is 8.65. The van der Waals surface area contributed by atoms with Crippen molar-refractivity contribution in [1.29, 1.82) is 0 Å². The van der Waals surface area contributed by atoms with Crippen LogP contribution in [0.4, 0.5) is 0 Å². The van der Waals surface area contributed by atoms with Crippen molar-refractivity contribution in [2.75, 3.05) is 0 Å². The van der Waals surface area contributed by atoms with Gasteiger partial charge in [-0.25, -0.2) is 0 Å². The summed E-state index contributed by atoms with van der Waals surface area (Å²) >= 11 is 1.51. The second-order valence-corrected chi connectivity index (χ2v) is 8.33. The fraction of sp³-hybridized carbons (Fsp3) is 0.125. The zero-order chi connectivity index (χ0) is 21.9. The molecule has 0 radical (unpaired) electrons. The maximum absolute atomic E-state index is 5.46. The van der Waals surface area contributed by atoms with E-state index in [0.29, 0.717) is 17.5 Å². The number of hydrogen-bond donors (Lipinski definition) is 0. The van der Waals surface area contributed by atoms with Gasteiger partial charge in [0.15, 0.2) is 16.8 Å². The Morgan fingerprint density at radius 1 is 0.812 bits per heavy atom. The van der Waals surface area contributed by atoms with Gasteiger partial charge >= 0.3 is 0 Å². The number of benzene rings is 2. The van der Waals surface area contributed by atoms with Crippen molar-refractivity contribution >= 4 is 11.8 Å². The third kappa shape index (κ3) is 4.17. The molecule has 0 aliphatic heterocycles. The number of aryl methyl sites for hydroxylation is 2. The van der Waals surface area contributed by atoms with E-state index < -0.39 is 0 Å². The van der Waals surface area contributed by atoms with Crippen LogP contribution in [0.25, 0.3) is 28.5 Å². The highest BCUT2D eigenvalue weighted by atomic mass is 32.2. The molecule has 0 atom stereocenters. The topological polar surface area (TPSA) is 82.5 Å². The first-order chi connectivity index (χ1) is 15.7. The summed E-state index contributed by atoms with van der Waals surface area (Å²) in [5, 5.41) is 13.8. The van der Waals surface area contributed by atoms with Gasteiger partial charge in [-0.1, -0.05) is 52.3 Å². The summed E-state index contributed by atoms with van der Waals surface area (Å²) in [6.07, 6.45) is 3.50. The average molecular weight is 441 g/mol. The minimum Gasteiger partial charge on any atom is -0.334 e. The molecule has 0 amide bonds. The van der Waals surface area contributed by atoms with E-state index in [-0.39, 0.29) is 0 Å². The van der Waals surface area contributed by atoms with Crippen LogP contribution in [-0.2, 0) is 5.75 Å². The van der Waals surface area contributed by atoms with Crippen LogP contribution in [0, 0.1) is 13.8 Å². The summed E-state index contributed by atoms with van der Waals surface area (Å²) in [7, 11) is 0. The first-order valence-electron chi connectivity index (χ1n) is 10.1. The molecule has 0 N–H and O–H groups in total. The average Bonchev–Trinajstić information content (AvgIpc) is 3.47. The third-order valence-corrected chi connectivity index (χ3v) is 5.89. The van der Waals surface area contributed by atoms with E-state index in [1.165, 1.54) is 22.9 Å². The van der Waals surface area contributed by atoms with Gasteiger partial charge in [0.25, 0.3) is 5.89 Å². The van der Waals surface area contributed by atoms with Crippen LogP contribution in [0.3, 0.4) is 0 Å². The number of thioether (sulfide) groups is 1. The van der Waals surface area contributed by atoms with Gasteiger partial charge in [0.05, 0.1) is 5.75 Å². The monoisotopic (exact) mass is 440 g/mol. The predicted molar refractivity (Wildman–Crippen MR) is 123 cm³/mol. The van der Waals surface area contributed by atoms with Gasteiger partial charge < -0.3 is 4.52 Å². The van der Waals surface area contributed by atoms with E-state index in [0.717, 1.165) is 27.8 Å². The summed E-state index contributed by atoms with van der Waals surface area (Å²) in [5.74, 6) is 2.38. The third-order valence-electron chi connectivity index (χ3n) is 4.96. The standard InChI is InChI=1S/C24H20N6OS/c1-16-3-7-19(8-4-16)23-26-21(29-31-23)15-32-24-28-27-22(18-11-13-25-14-12-18)30(24)20-9-5-17(2)6-10-20/h3-14H,15H2,1-2H3. The second-order valence-electron chi connectivity index (χ2n) is 7.38. The van der Waals surface area contributed by atoms with Crippen molar-refractivity contribution < 1.29 is 4.52 Å². The van der Waals surface area contributed by atoms with Crippen LogP contribution >= 0.6 is 11.8 Å². The molecule has 0 unspecified atom stereocenters. The molecule has 5 aromatic rings. The van der Waals surface area contributed by atoms with Crippen LogP contribution in [-0.4, -0.2) is 29.9 Å². The molecule has 0 fully saturated rings. The molecule has 0 bridgehead atoms. The molecule has 8 heteroatoms. The smallest absolute Gasteiger partial charge is 0.257 e. The highest BCUT2D eigenvalue weighted by Crippen LogP contribution is 2.29. The van der Waals surface area contributed by atoms with Gasteiger partial charge in [0.2, 0.25) is 0 Å². The van der Waals surface area contributed by atoms with Crippen molar-refractivity contribution in [3.8, 4) is 28.5 Å². The molecule has 32 heavy (non-hydrogen) atoms. The van der Waals surface area contributed by atoms with Gasteiger partial charge in [-0.15, -0.1) is 10.2 Å². The quantitative estimate of drug-likeness (QED) is 0.332. The molecule has 0 aliphatic carbocycles. The van der Waals surface area contributed by atoms with Crippen molar-refractivity contribution in [2.24, 2.45) is 0 Å². The zero-order valence-corrected chi connectivity index (χ0v) is 18.5. The van der Waals surface area contributed by atoms with Crippen LogP contribution < -0.4 is 0 Å². The molecule has 3 heterocycles. The highest BCUT2D eigenvalue weighted by molar-refractivity contribution is 7.98. The Bertz CT molecular complexity index is 1330. The molecule has 5 rings (SSSR count). The lowest BCUT2D eigenvalue weighted by Crippen LogP contribution is -2.00. The molecule has 0 aliphatic rings. The van der Waals surface area contributed by atoms with E-state index in [9.17, 15) is 0 Å². The Labute approximate surface area is 189 Å². The fourth-order valence-corrected chi connectivity index (χ4v) is 4.03. The largest absolute Gasteiger partial charge is 0.334 e. The molecule has 0 spiro atoms. The summed E-state index contributed by atoms with van der Waals surface area (Å²) in [6.45, 7) is 4.11. The maximum Gasteiger partial charge on any atom is 0.257 e. The Balaban J connectivity index is 1.43. The van der Waals surface area contributed by atoms with Crippen molar-refractivity contribution in [3.05, 3.63) is 90.0 Å². The second kappa shape index (κ2) is 8.76. The Kier molecular flexibility index (Phi) is 5.51. The van der Waals surface area contributed by atoms with Crippen LogP contribution in [0.1, 0.15) is 17.0 Å². The van der Waals surface area contributed by atoms with E-state index in [2.05, 4.69) is 56.5 Å². The van der Waals surface area contributed by atoms with Gasteiger partial charge in [0.1, 0.15) is 0 Å². The summed E-state index contributed by atoms with van der Waals surface area (Å²) in [5.41, 5.74) is 5.22. The lowest BCUT2D eigenvalue weighted by molar-refractivity contribution is 0.425. The predicted octanol–water partition coefficient (Wildman–Crippen LogP) is 5.29. The van der Waals surface area contributed by atoms with Crippen molar-refractivity contribution in [3.63, 3.8) is 0 Å². The fourth-order valence-electron chi connectivity index (χ4n) is 3.23.